The highest BCUT2D eigenvalue weighted by atomic mass is 35.5. The molecule has 0 atom stereocenters. The smallest absolute Gasteiger partial charge is 0.258 e. The number of nitrogens with two attached hydrogens (primary N) is 1. The van der Waals surface area contributed by atoms with Crippen LogP contribution in [0.1, 0.15) is 0 Å². The molecule has 3 rings (SSSR count). The van der Waals surface area contributed by atoms with Crippen LogP contribution in [0.3, 0.4) is 0 Å². The third kappa shape index (κ3) is 2.21. The van der Waals surface area contributed by atoms with Gasteiger partial charge >= 0.3 is 0 Å². The molecular formula is C13H8ClFN4O. The monoisotopic (exact) mass is 290 g/mol. The Morgan fingerprint density at radius 1 is 1.25 bits per heavy atom. The molecule has 0 unspecified atom stereocenters. The van der Waals surface area contributed by atoms with Gasteiger partial charge in [-0.15, -0.1) is 0 Å². The Kier molecular flexibility index (Phi) is 3.08. The molecule has 0 fully saturated rings. The summed E-state index contributed by atoms with van der Waals surface area (Å²) in [6, 6.07) is 7.54. The number of anilines is 1. The Bertz CT molecular complexity index is 775. The molecule has 0 radical (unpaired) electrons. The lowest BCUT2D eigenvalue weighted by Gasteiger charge is -1.98. The number of nitrogens with zero attached hydrogens (tertiary/aromatic N) is 3. The molecule has 3 aromatic rings. The average molecular weight is 291 g/mol. The van der Waals surface area contributed by atoms with Gasteiger partial charge in [0, 0.05) is 11.8 Å². The van der Waals surface area contributed by atoms with Gasteiger partial charge in [0.1, 0.15) is 11.5 Å². The molecule has 1 aromatic carbocycles. The van der Waals surface area contributed by atoms with E-state index in [9.17, 15) is 4.39 Å². The van der Waals surface area contributed by atoms with Crippen molar-refractivity contribution >= 4 is 17.3 Å². The fraction of sp³-hybridized carbons (Fsp3) is 0. The van der Waals surface area contributed by atoms with Gasteiger partial charge in [-0.05, 0) is 30.3 Å². The van der Waals surface area contributed by atoms with Gasteiger partial charge in [-0.2, -0.15) is 4.98 Å². The van der Waals surface area contributed by atoms with E-state index >= 15 is 0 Å². The lowest BCUT2D eigenvalue weighted by atomic mass is 10.2. The van der Waals surface area contributed by atoms with Crippen molar-refractivity contribution in [2.45, 2.75) is 0 Å². The molecule has 20 heavy (non-hydrogen) atoms. The van der Waals surface area contributed by atoms with Crippen LogP contribution in [0.25, 0.3) is 23.0 Å². The van der Waals surface area contributed by atoms with Crippen LogP contribution in [0.2, 0.25) is 5.02 Å². The van der Waals surface area contributed by atoms with Crippen LogP contribution in [-0.4, -0.2) is 15.1 Å². The van der Waals surface area contributed by atoms with Crippen LogP contribution in [-0.2, 0) is 0 Å². The highest BCUT2D eigenvalue weighted by Crippen LogP contribution is 2.26. The van der Waals surface area contributed by atoms with Crippen molar-refractivity contribution in [2.24, 2.45) is 0 Å². The van der Waals surface area contributed by atoms with Gasteiger partial charge in [0.15, 0.2) is 0 Å². The lowest BCUT2D eigenvalue weighted by Crippen LogP contribution is -1.91. The predicted molar refractivity (Wildman–Crippen MR) is 72.3 cm³/mol. The van der Waals surface area contributed by atoms with Crippen LogP contribution < -0.4 is 5.73 Å². The third-order valence-corrected chi connectivity index (χ3v) is 2.94. The maximum atomic E-state index is 13.1. The second-order valence-electron chi connectivity index (χ2n) is 3.99. The first kappa shape index (κ1) is 12.6. The number of rotatable bonds is 2. The molecule has 2 heterocycles. The normalized spacial score (nSPS) is 10.7. The van der Waals surface area contributed by atoms with Crippen LogP contribution in [0.15, 0.2) is 41.1 Å². The summed E-state index contributed by atoms with van der Waals surface area (Å²) in [6.07, 6.45) is 1.58. The molecule has 0 saturated carbocycles. The molecule has 0 amide bonds. The first-order valence-corrected chi connectivity index (χ1v) is 6.03. The van der Waals surface area contributed by atoms with Gasteiger partial charge in [0.2, 0.25) is 5.82 Å². The van der Waals surface area contributed by atoms with E-state index in [0.717, 1.165) is 0 Å². The van der Waals surface area contributed by atoms with Gasteiger partial charge in [-0.1, -0.05) is 16.8 Å². The Morgan fingerprint density at radius 2 is 2.10 bits per heavy atom. The maximum Gasteiger partial charge on any atom is 0.258 e. The van der Waals surface area contributed by atoms with E-state index < -0.39 is 5.82 Å². The van der Waals surface area contributed by atoms with E-state index in [1.165, 1.54) is 18.2 Å². The standard InChI is InChI=1S/C13H8ClFN4O/c14-8-2-1-5-17-11(8)12-18-13(20-19-12)7-3-4-9(15)10(16)6-7/h1-6H,16H2. The van der Waals surface area contributed by atoms with Gasteiger partial charge in [-0.25, -0.2) is 4.39 Å². The molecule has 0 aliphatic heterocycles. The van der Waals surface area contributed by atoms with Crippen molar-refractivity contribution in [3.8, 4) is 23.0 Å². The maximum absolute atomic E-state index is 13.1. The molecule has 5 nitrogen and oxygen atoms in total. The predicted octanol–water partition coefficient (Wildman–Crippen LogP) is 3.17. The largest absolute Gasteiger partial charge is 0.396 e. The topological polar surface area (TPSA) is 77.8 Å². The van der Waals surface area contributed by atoms with Crippen LogP contribution >= 0.6 is 11.6 Å². The number of benzene rings is 1. The number of aromatic nitrogens is 3. The van der Waals surface area contributed by atoms with Crippen molar-refractivity contribution < 1.29 is 8.91 Å². The number of nitrogen functional groups attached to an aromatic ring is 1. The van der Waals surface area contributed by atoms with E-state index in [4.69, 9.17) is 21.9 Å². The molecule has 100 valence electrons. The zero-order valence-electron chi connectivity index (χ0n) is 10.0. The minimum atomic E-state index is -0.499. The minimum Gasteiger partial charge on any atom is -0.396 e. The Morgan fingerprint density at radius 3 is 2.85 bits per heavy atom. The van der Waals surface area contributed by atoms with E-state index in [-0.39, 0.29) is 17.4 Å². The summed E-state index contributed by atoms with van der Waals surface area (Å²) in [5.74, 6) is -0.0248. The van der Waals surface area contributed by atoms with E-state index in [2.05, 4.69) is 15.1 Å². The first-order chi connectivity index (χ1) is 9.65. The van der Waals surface area contributed by atoms with Crippen molar-refractivity contribution in [1.29, 1.82) is 0 Å². The van der Waals surface area contributed by atoms with E-state index in [0.29, 0.717) is 16.3 Å². The molecule has 0 aliphatic carbocycles. The third-order valence-electron chi connectivity index (χ3n) is 2.64. The molecule has 2 aromatic heterocycles. The van der Waals surface area contributed by atoms with Crippen molar-refractivity contribution in [2.75, 3.05) is 5.73 Å². The quantitative estimate of drug-likeness (QED) is 0.733. The minimum absolute atomic E-state index is 0.0121. The van der Waals surface area contributed by atoms with E-state index in [1.54, 1.807) is 18.3 Å². The number of halogens is 2. The molecule has 2 N–H and O–H groups in total. The summed E-state index contributed by atoms with van der Waals surface area (Å²) in [6.45, 7) is 0. The van der Waals surface area contributed by atoms with E-state index in [1.807, 2.05) is 0 Å². The number of hydrogen-bond donors (Lipinski definition) is 1. The Labute approximate surface area is 118 Å². The molecule has 0 saturated heterocycles. The second-order valence-corrected chi connectivity index (χ2v) is 4.40. The summed E-state index contributed by atoms with van der Waals surface area (Å²) in [4.78, 5) is 8.27. The summed E-state index contributed by atoms with van der Waals surface area (Å²) in [5.41, 5.74) is 6.45. The van der Waals surface area contributed by atoms with Crippen molar-refractivity contribution in [3.05, 3.63) is 47.4 Å². The van der Waals surface area contributed by atoms with Crippen molar-refractivity contribution in [1.82, 2.24) is 15.1 Å². The summed E-state index contributed by atoms with van der Waals surface area (Å²) < 4.78 is 18.2. The molecular weight excluding hydrogens is 283 g/mol. The average Bonchev–Trinajstić information content (AvgIpc) is 2.92. The fourth-order valence-corrected chi connectivity index (χ4v) is 1.87. The first-order valence-electron chi connectivity index (χ1n) is 5.65. The number of pyridine rings is 1. The summed E-state index contributed by atoms with van der Waals surface area (Å²) >= 11 is 6.01. The van der Waals surface area contributed by atoms with Crippen molar-refractivity contribution in [3.63, 3.8) is 0 Å². The summed E-state index contributed by atoms with van der Waals surface area (Å²) in [5, 5.41) is 4.22. The SMILES string of the molecule is Nc1cc(-c2nc(-c3ncccc3Cl)no2)ccc1F. The highest BCUT2D eigenvalue weighted by Gasteiger charge is 2.14. The Balaban J connectivity index is 2.02. The van der Waals surface area contributed by atoms with Gasteiger partial charge in [0.25, 0.3) is 5.89 Å². The highest BCUT2D eigenvalue weighted by molar-refractivity contribution is 6.32. The molecule has 0 bridgehead atoms. The zero-order chi connectivity index (χ0) is 14.1. The lowest BCUT2D eigenvalue weighted by molar-refractivity contribution is 0.432. The van der Waals surface area contributed by atoms with Gasteiger partial charge < -0.3 is 10.3 Å². The fourth-order valence-electron chi connectivity index (χ4n) is 1.66. The second kappa shape index (κ2) is 4.90. The van der Waals surface area contributed by atoms with Gasteiger partial charge in [0.05, 0.1) is 10.7 Å². The molecule has 0 spiro atoms. The Hall–Kier alpha value is -2.47. The molecule has 7 heteroatoms. The van der Waals surface area contributed by atoms with Gasteiger partial charge in [-0.3, -0.25) is 4.98 Å². The van der Waals surface area contributed by atoms with Crippen LogP contribution in [0.5, 0.6) is 0 Å². The zero-order valence-corrected chi connectivity index (χ0v) is 10.8. The summed E-state index contributed by atoms with van der Waals surface area (Å²) in [7, 11) is 0. The van der Waals surface area contributed by atoms with Crippen LogP contribution in [0.4, 0.5) is 10.1 Å². The number of hydrogen-bond acceptors (Lipinski definition) is 5. The van der Waals surface area contributed by atoms with Crippen LogP contribution in [0, 0.1) is 5.82 Å². The molecule has 0 aliphatic rings.